The van der Waals surface area contributed by atoms with E-state index in [0.717, 1.165) is 17.0 Å². The highest BCUT2D eigenvalue weighted by molar-refractivity contribution is 9.11. The van der Waals surface area contributed by atoms with Crippen molar-refractivity contribution < 1.29 is 38.4 Å². The number of aromatic nitrogens is 3. The number of hydrogen-bond donors (Lipinski definition) is 3. The van der Waals surface area contributed by atoms with E-state index in [9.17, 15) is 24.3 Å². The Balaban J connectivity index is 1.34. The van der Waals surface area contributed by atoms with Crippen LogP contribution in [-0.2, 0) is 35.3 Å². The van der Waals surface area contributed by atoms with Crippen molar-refractivity contribution in [3.8, 4) is 0 Å². The molecule has 4 N–H and O–H groups in total. The standard InChI is InChI=1S/C26H26BrN7O7S2/c1-26(2,3)41-15(35)11-40-31-17(16-20(27)43-25(28)30-16)21(36)29-18-22(37)34-19(24(38)39)13(12-42-23(18)34)10-33-9-8-32-7-5-4-6-14(32)33/h4-9,18,23H,10-12H2,1-3H3,(H3-,28,29,30,36,38,39)/p+1/t18-,23+/m1/s1. The molecular weight excluding hydrogens is 666 g/mol. The molecule has 2 amide bonds. The number of β-lactam (4-membered cyclic amide) rings is 1. The largest absolute Gasteiger partial charge is 0.477 e. The van der Waals surface area contributed by atoms with E-state index in [-0.39, 0.29) is 28.8 Å². The summed E-state index contributed by atoms with van der Waals surface area (Å²) in [6.07, 6.45) is 5.59. The number of nitrogens with zero attached hydrogens (tertiary/aromatic N) is 5. The number of rotatable bonds is 9. The molecule has 226 valence electrons. The van der Waals surface area contributed by atoms with E-state index < -0.39 is 47.4 Å². The van der Waals surface area contributed by atoms with Crippen LogP contribution in [0.25, 0.3) is 5.65 Å². The van der Waals surface area contributed by atoms with Gasteiger partial charge in [0.15, 0.2) is 10.8 Å². The lowest BCUT2D eigenvalue weighted by Gasteiger charge is -2.49. The first kappa shape index (κ1) is 30.5. The predicted molar refractivity (Wildman–Crippen MR) is 160 cm³/mol. The van der Waals surface area contributed by atoms with Gasteiger partial charge in [-0.25, -0.2) is 23.5 Å². The number of ether oxygens (including phenoxy) is 1. The van der Waals surface area contributed by atoms with Gasteiger partial charge in [-0.2, -0.15) is 0 Å². The maximum Gasteiger partial charge on any atom is 0.352 e. The molecule has 17 heteroatoms. The van der Waals surface area contributed by atoms with Gasteiger partial charge >= 0.3 is 11.9 Å². The summed E-state index contributed by atoms with van der Waals surface area (Å²) in [6, 6.07) is 4.64. The SMILES string of the molecule is CC(C)(C)OC(=O)CON=C(C(=O)N[C@@H]1C(=O)N2C(C(=O)O)=C(C[n+]3ccn4ccccc43)CS[C@@H]12)c1nc(N)sc1Br. The monoisotopic (exact) mass is 692 g/mol. The first-order chi connectivity index (χ1) is 20.3. The first-order valence-corrected chi connectivity index (χ1v) is 15.5. The normalized spacial score (nSPS) is 18.7. The average Bonchev–Trinajstić information content (AvgIpc) is 3.49. The van der Waals surface area contributed by atoms with Gasteiger partial charge in [-0.15, -0.1) is 11.8 Å². The zero-order chi connectivity index (χ0) is 31.1. The van der Waals surface area contributed by atoms with Crippen molar-refractivity contribution in [3.63, 3.8) is 0 Å². The lowest BCUT2D eigenvalue weighted by molar-refractivity contribution is -0.662. The second kappa shape index (κ2) is 12.0. The molecular formula is C26H27BrN7O7S2+. The van der Waals surface area contributed by atoms with Crippen LogP contribution in [0.3, 0.4) is 0 Å². The number of carbonyl (C=O) groups excluding carboxylic acids is 3. The molecule has 0 radical (unpaired) electrons. The number of imidazole rings is 1. The van der Waals surface area contributed by atoms with Crippen LogP contribution >= 0.6 is 39.0 Å². The van der Waals surface area contributed by atoms with Gasteiger partial charge in [-0.1, -0.05) is 22.6 Å². The highest BCUT2D eigenvalue weighted by Crippen LogP contribution is 2.40. The van der Waals surface area contributed by atoms with Crippen molar-refractivity contribution in [1.29, 1.82) is 0 Å². The third-order valence-corrected chi connectivity index (χ3v) is 9.14. The smallest absolute Gasteiger partial charge is 0.352 e. The Morgan fingerprint density at radius 1 is 1.30 bits per heavy atom. The van der Waals surface area contributed by atoms with Gasteiger partial charge in [0.2, 0.25) is 6.61 Å². The van der Waals surface area contributed by atoms with Crippen molar-refractivity contribution >= 4 is 79.3 Å². The van der Waals surface area contributed by atoms with Crippen molar-refractivity contribution in [2.75, 3.05) is 18.1 Å². The molecule has 2 aliphatic heterocycles. The van der Waals surface area contributed by atoms with E-state index >= 15 is 0 Å². The van der Waals surface area contributed by atoms with Gasteiger partial charge in [0.05, 0.1) is 6.20 Å². The maximum absolute atomic E-state index is 13.4. The highest BCUT2D eigenvalue weighted by atomic mass is 79.9. The zero-order valence-electron chi connectivity index (χ0n) is 23.1. The number of thiazole rings is 1. The lowest BCUT2D eigenvalue weighted by atomic mass is 10.0. The number of thioether (sulfide) groups is 1. The van der Waals surface area contributed by atoms with Gasteiger partial charge < -0.3 is 25.7 Å². The minimum absolute atomic E-state index is 0.0503. The number of amides is 2. The molecule has 1 saturated heterocycles. The van der Waals surface area contributed by atoms with Gasteiger partial charge in [0.25, 0.3) is 17.5 Å². The number of carbonyl (C=O) groups is 4. The molecule has 0 saturated carbocycles. The van der Waals surface area contributed by atoms with E-state index in [0.29, 0.717) is 15.1 Å². The predicted octanol–water partition coefficient (Wildman–Crippen LogP) is 1.53. The Hall–Kier alpha value is -3.96. The number of fused-ring (bicyclic) bond motifs is 2. The van der Waals surface area contributed by atoms with Gasteiger partial charge in [-0.05, 0) is 42.8 Å². The highest BCUT2D eigenvalue weighted by Gasteiger charge is 2.54. The van der Waals surface area contributed by atoms with E-state index in [2.05, 4.69) is 31.4 Å². The number of nitrogen functional groups attached to an aromatic ring is 1. The molecule has 5 rings (SSSR count). The first-order valence-electron chi connectivity index (χ1n) is 12.8. The van der Waals surface area contributed by atoms with Crippen LogP contribution in [0.15, 0.2) is 57.0 Å². The number of hydrogen-bond acceptors (Lipinski definition) is 11. The molecule has 14 nitrogen and oxygen atoms in total. The van der Waals surface area contributed by atoms with Crippen molar-refractivity contribution in [3.05, 3.63) is 57.5 Å². The number of nitrogens with one attached hydrogen (secondary N) is 1. The maximum atomic E-state index is 13.4. The molecule has 3 aromatic rings. The van der Waals surface area contributed by atoms with Crippen LogP contribution in [0.1, 0.15) is 26.5 Å². The van der Waals surface area contributed by atoms with Crippen molar-refractivity contribution in [2.45, 2.75) is 44.3 Å². The average molecular weight is 694 g/mol. The summed E-state index contributed by atoms with van der Waals surface area (Å²) in [6.45, 7) is 4.78. The minimum atomic E-state index is -1.23. The second-order valence-electron chi connectivity index (χ2n) is 10.5. The molecule has 5 heterocycles. The molecule has 43 heavy (non-hydrogen) atoms. The molecule has 0 unspecified atom stereocenters. The summed E-state index contributed by atoms with van der Waals surface area (Å²) in [5.41, 5.74) is 6.09. The lowest BCUT2D eigenvalue weighted by Crippen LogP contribution is -2.71. The van der Waals surface area contributed by atoms with E-state index in [1.807, 2.05) is 45.8 Å². The van der Waals surface area contributed by atoms with Crippen LogP contribution < -0.4 is 15.6 Å². The molecule has 2 aliphatic rings. The number of esters is 1. The molecule has 2 atom stereocenters. The molecule has 0 spiro atoms. The van der Waals surface area contributed by atoms with Gasteiger partial charge in [-0.3, -0.25) is 14.5 Å². The number of pyridine rings is 1. The Morgan fingerprint density at radius 3 is 2.74 bits per heavy atom. The van der Waals surface area contributed by atoms with E-state index in [1.54, 1.807) is 20.8 Å². The van der Waals surface area contributed by atoms with Crippen LogP contribution in [0.4, 0.5) is 5.13 Å². The number of oxime groups is 1. The summed E-state index contributed by atoms with van der Waals surface area (Å²) in [5, 5.41) is 16.0. The zero-order valence-corrected chi connectivity index (χ0v) is 26.4. The molecule has 0 aliphatic carbocycles. The number of carboxylic acid groups (broad SMARTS) is 1. The van der Waals surface area contributed by atoms with E-state index in [4.69, 9.17) is 15.3 Å². The Morgan fingerprint density at radius 2 is 2.07 bits per heavy atom. The summed E-state index contributed by atoms with van der Waals surface area (Å²) < 4.78 is 9.38. The number of carboxylic acids is 1. The quantitative estimate of drug-likeness (QED) is 0.0978. The van der Waals surface area contributed by atoms with Crippen LogP contribution in [0, 0.1) is 0 Å². The molecule has 1 fully saturated rings. The summed E-state index contributed by atoms with van der Waals surface area (Å²) in [5.74, 6) is -3.02. The molecule has 3 aromatic heterocycles. The van der Waals surface area contributed by atoms with Crippen molar-refractivity contribution in [1.82, 2.24) is 19.6 Å². The number of aliphatic carboxylic acids is 1. The fourth-order valence-corrected chi connectivity index (χ4v) is 7.24. The Labute approximate surface area is 261 Å². The van der Waals surface area contributed by atoms with Crippen LogP contribution in [0.2, 0.25) is 0 Å². The summed E-state index contributed by atoms with van der Waals surface area (Å²) in [7, 11) is 0. The minimum Gasteiger partial charge on any atom is -0.477 e. The number of halogens is 1. The van der Waals surface area contributed by atoms with Gasteiger partial charge in [0.1, 0.15) is 51.1 Å². The van der Waals surface area contributed by atoms with Crippen LogP contribution in [0.5, 0.6) is 0 Å². The van der Waals surface area contributed by atoms with Gasteiger partial charge in [0, 0.05) is 17.4 Å². The number of nitrogens with two attached hydrogens (primary N) is 1. The fourth-order valence-electron chi connectivity index (χ4n) is 4.57. The third-order valence-electron chi connectivity index (χ3n) is 6.27. The van der Waals surface area contributed by atoms with E-state index in [1.165, 1.54) is 16.7 Å². The molecule has 0 aromatic carbocycles. The number of anilines is 1. The Bertz CT molecular complexity index is 1690. The summed E-state index contributed by atoms with van der Waals surface area (Å²) in [4.78, 5) is 61.5. The Kier molecular flexibility index (Phi) is 8.49. The topological polar surface area (TPSA) is 182 Å². The molecule has 0 bridgehead atoms. The third kappa shape index (κ3) is 6.37. The summed E-state index contributed by atoms with van der Waals surface area (Å²) >= 11 is 5.68. The van der Waals surface area contributed by atoms with Crippen molar-refractivity contribution in [2.24, 2.45) is 5.16 Å². The fraction of sp³-hybridized carbons (Fsp3) is 0.346. The second-order valence-corrected chi connectivity index (χ2v) is 13.9. The van der Waals surface area contributed by atoms with Crippen LogP contribution in [-0.4, -0.2) is 78.2 Å².